The minimum atomic E-state index is -0.130. The summed E-state index contributed by atoms with van der Waals surface area (Å²) in [6.07, 6.45) is 0. The first kappa shape index (κ1) is 16.5. The van der Waals surface area contributed by atoms with Crippen molar-refractivity contribution in [2.75, 3.05) is 11.9 Å². The van der Waals surface area contributed by atoms with E-state index in [1.54, 1.807) is 6.07 Å². The van der Waals surface area contributed by atoms with Gasteiger partial charge in [-0.05, 0) is 71.8 Å². The summed E-state index contributed by atoms with van der Waals surface area (Å²) in [6.45, 7) is 8.19. The lowest BCUT2D eigenvalue weighted by molar-refractivity contribution is 0.102. The molecule has 1 N–H and O–H groups in total. The van der Waals surface area contributed by atoms with Crippen LogP contribution in [0.1, 0.15) is 22.8 Å². The Morgan fingerprint density at radius 2 is 2.05 bits per heavy atom. The van der Waals surface area contributed by atoms with Gasteiger partial charge in [0.15, 0.2) is 0 Å². The summed E-state index contributed by atoms with van der Waals surface area (Å²) < 4.78 is 6.65. The van der Waals surface area contributed by atoms with Crippen LogP contribution in [-0.4, -0.2) is 12.5 Å². The van der Waals surface area contributed by atoms with Crippen molar-refractivity contribution in [1.29, 1.82) is 0 Å². The lowest BCUT2D eigenvalue weighted by Crippen LogP contribution is -2.12. The normalized spacial score (nSPS) is 10.1. The molecule has 0 saturated carbocycles. The summed E-state index contributed by atoms with van der Waals surface area (Å²) in [5.74, 6) is 0.578. The van der Waals surface area contributed by atoms with Crippen LogP contribution >= 0.6 is 22.6 Å². The van der Waals surface area contributed by atoms with Gasteiger partial charge in [-0.2, -0.15) is 0 Å². The van der Waals surface area contributed by atoms with E-state index >= 15 is 0 Å². The number of amides is 1. The van der Waals surface area contributed by atoms with Crippen molar-refractivity contribution >= 4 is 34.2 Å². The van der Waals surface area contributed by atoms with Crippen LogP contribution in [0, 0.1) is 10.5 Å². The van der Waals surface area contributed by atoms with Gasteiger partial charge < -0.3 is 10.1 Å². The highest BCUT2D eigenvalue weighted by molar-refractivity contribution is 14.1. The highest BCUT2D eigenvalue weighted by Gasteiger charge is 2.08. The number of hydrogen-bond acceptors (Lipinski definition) is 2. The molecule has 0 aliphatic rings. The van der Waals surface area contributed by atoms with Crippen molar-refractivity contribution < 1.29 is 9.53 Å². The first-order valence-electron chi connectivity index (χ1n) is 6.90. The second-order valence-corrected chi connectivity index (χ2v) is 6.35. The van der Waals surface area contributed by atoms with Gasteiger partial charge in [0.2, 0.25) is 0 Å². The smallest absolute Gasteiger partial charge is 0.255 e. The Kier molecular flexibility index (Phi) is 5.60. The van der Waals surface area contributed by atoms with Gasteiger partial charge >= 0.3 is 0 Å². The largest absolute Gasteiger partial charge is 0.489 e. The number of halogens is 1. The van der Waals surface area contributed by atoms with E-state index in [2.05, 4.69) is 34.5 Å². The number of ether oxygens (including phenoxy) is 1. The second kappa shape index (κ2) is 7.45. The van der Waals surface area contributed by atoms with Crippen molar-refractivity contribution in [3.63, 3.8) is 0 Å². The van der Waals surface area contributed by atoms with E-state index in [1.165, 1.54) is 0 Å². The predicted molar refractivity (Wildman–Crippen MR) is 98.6 cm³/mol. The van der Waals surface area contributed by atoms with Crippen LogP contribution in [0.4, 0.5) is 5.69 Å². The zero-order valence-electron chi connectivity index (χ0n) is 12.7. The van der Waals surface area contributed by atoms with Crippen LogP contribution in [0.25, 0.3) is 0 Å². The van der Waals surface area contributed by atoms with Crippen molar-refractivity contribution in [2.45, 2.75) is 13.8 Å². The van der Waals surface area contributed by atoms with E-state index in [1.807, 2.05) is 50.2 Å². The molecule has 0 saturated heterocycles. The molecule has 0 aliphatic carbocycles. The number of carbonyl (C=O) groups excluding carboxylic acids is 1. The van der Waals surface area contributed by atoms with Gasteiger partial charge in [-0.1, -0.05) is 18.7 Å². The zero-order chi connectivity index (χ0) is 16.1. The quantitative estimate of drug-likeness (QED) is 0.571. The fourth-order valence-electron chi connectivity index (χ4n) is 1.81. The Hall–Kier alpha value is -1.82. The Bertz CT molecular complexity index is 710. The number of carbonyl (C=O) groups is 1. The molecule has 4 heteroatoms. The highest BCUT2D eigenvalue weighted by atomic mass is 127. The van der Waals surface area contributed by atoms with Crippen LogP contribution in [0.15, 0.2) is 54.6 Å². The molecule has 22 heavy (non-hydrogen) atoms. The topological polar surface area (TPSA) is 38.3 Å². The van der Waals surface area contributed by atoms with Gasteiger partial charge in [-0.3, -0.25) is 4.79 Å². The lowest BCUT2D eigenvalue weighted by atomic mass is 10.1. The summed E-state index contributed by atoms with van der Waals surface area (Å²) >= 11 is 2.23. The molecule has 1 amide bonds. The number of anilines is 1. The van der Waals surface area contributed by atoms with Gasteiger partial charge in [-0.15, -0.1) is 0 Å². The maximum atomic E-state index is 12.3. The molecule has 2 aromatic carbocycles. The third-order valence-electron chi connectivity index (χ3n) is 3.01. The highest BCUT2D eigenvalue weighted by Crippen LogP contribution is 2.19. The predicted octanol–water partition coefficient (Wildman–Crippen LogP) is 4.81. The van der Waals surface area contributed by atoms with E-state index in [0.717, 1.165) is 14.7 Å². The van der Waals surface area contributed by atoms with Crippen LogP contribution in [0.3, 0.4) is 0 Å². The Morgan fingerprint density at radius 1 is 1.27 bits per heavy atom. The SMILES string of the molecule is C=C(C)COc1cccc(NC(=O)c2ccc(C)c(I)c2)c1. The van der Waals surface area contributed by atoms with E-state index in [9.17, 15) is 4.79 Å². The molecule has 0 fully saturated rings. The standard InChI is InChI=1S/C18H18INO2/c1-12(2)11-22-16-6-4-5-15(10-16)20-18(21)14-8-7-13(3)17(19)9-14/h4-10H,1,11H2,2-3H3,(H,20,21). The molecule has 0 aromatic heterocycles. The molecule has 2 rings (SSSR count). The average molecular weight is 407 g/mol. The first-order chi connectivity index (χ1) is 10.5. The molecular weight excluding hydrogens is 389 g/mol. The van der Waals surface area contributed by atoms with Crippen LogP contribution in [-0.2, 0) is 0 Å². The van der Waals surface area contributed by atoms with Gasteiger partial charge in [0, 0.05) is 20.9 Å². The van der Waals surface area contributed by atoms with E-state index < -0.39 is 0 Å². The summed E-state index contributed by atoms with van der Waals surface area (Å²) in [4.78, 5) is 12.3. The molecule has 0 heterocycles. The molecule has 3 nitrogen and oxygen atoms in total. The third kappa shape index (κ3) is 4.59. The van der Waals surface area contributed by atoms with E-state index in [-0.39, 0.29) is 5.91 Å². The minimum Gasteiger partial charge on any atom is -0.489 e. The number of rotatable bonds is 5. The molecule has 2 aromatic rings. The molecule has 0 radical (unpaired) electrons. The van der Waals surface area contributed by atoms with E-state index in [4.69, 9.17) is 4.74 Å². The van der Waals surface area contributed by atoms with Crippen molar-refractivity contribution in [2.24, 2.45) is 0 Å². The summed E-state index contributed by atoms with van der Waals surface area (Å²) in [6, 6.07) is 13.0. The fourth-order valence-corrected chi connectivity index (χ4v) is 2.32. The molecule has 114 valence electrons. The Morgan fingerprint density at radius 3 is 2.73 bits per heavy atom. The first-order valence-corrected chi connectivity index (χ1v) is 7.98. The van der Waals surface area contributed by atoms with Crippen molar-refractivity contribution in [1.82, 2.24) is 0 Å². The van der Waals surface area contributed by atoms with Crippen molar-refractivity contribution in [3.05, 3.63) is 69.3 Å². The summed E-state index contributed by atoms with van der Waals surface area (Å²) in [7, 11) is 0. The molecule has 0 atom stereocenters. The van der Waals surface area contributed by atoms with Gasteiger partial charge in [0.05, 0.1) is 0 Å². The van der Waals surface area contributed by atoms with Gasteiger partial charge in [0.1, 0.15) is 12.4 Å². The number of hydrogen-bond donors (Lipinski definition) is 1. The monoisotopic (exact) mass is 407 g/mol. The third-order valence-corrected chi connectivity index (χ3v) is 4.17. The molecular formula is C18H18INO2. The number of benzene rings is 2. The Balaban J connectivity index is 2.09. The lowest BCUT2D eigenvalue weighted by Gasteiger charge is -2.10. The van der Waals surface area contributed by atoms with Gasteiger partial charge in [-0.25, -0.2) is 0 Å². The average Bonchev–Trinajstić information content (AvgIpc) is 2.48. The number of nitrogens with one attached hydrogen (secondary N) is 1. The molecule has 0 spiro atoms. The van der Waals surface area contributed by atoms with Crippen LogP contribution in [0.5, 0.6) is 5.75 Å². The fraction of sp³-hybridized carbons (Fsp3) is 0.167. The molecule has 0 bridgehead atoms. The van der Waals surface area contributed by atoms with E-state index in [0.29, 0.717) is 23.6 Å². The minimum absolute atomic E-state index is 0.130. The zero-order valence-corrected chi connectivity index (χ0v) is 14.8. The second-order valence-electron chi connectivity index (χ2n) is 5.19. The van der Waals surface area contributed by atoms with Crippen LogP contribution in [0.2, 0.25) is 0 Å². The maximum Gasteiger partial charge on any atom is 0.255 e. The molecule has 0 aliphatic heterocycles. The maximum absolute atomic E-state index is 12.3. The van der Waals surface area contributed by atoms with Crippen LogP contribution < -0.4 is 10.1 Å². The Labute approximate surface area is 144 Å². The van der Waals surface area contributed by atoms with Crippen molar-refractivity contribution in [3.8, 4) is 5.75 Å². The summed E-state index contributed by atoms with van der Waals surface area (Å²) in [5.41, 5.74) is 3.46. The molecule has 0 unspecified atom stereocenters. The summed E-state index contributed by atoms with van der Waals surface area (Å²) in [5, 5.41) is 2.89. The number of aryl methyl sites for hydroxylation is 1. The van der Waals surface area contributed by atoms with Gasteiger partial charge in [0.25, 0.3) is 5.91 Å².